The Morgan fingerprint density at radius 2 is 1.78 bits per heavy atom. The molecule has 1 aliphatic rings. The van der Waals surface area contributed by atoms with E-state index in [1.165, 1.54) is 18.2 Å². The van der Waals surface area contributed by atoms with Crippen molar-refractivity contribution >= 4 is 52.6 Å². The van der Waals surface area contributed by atoms with Gasteiger partial charge in [-0.25, -0.2) is 0 Å². The van der Waals surface area contributed by atoms with E-state index in [1.54, 1.807) is 12.1 Å². The fraction of sp³-hybridized carbons (Fsp3) is 0.273. The molecule has 0 saturated carbocycles. The van der Waals surface area contributed by atoms with E-state index in [-0.39, 0.29) is 23.6 Å². The zero-order chi connectivity index (χ0) is 23.4. The van der Waals surface area contributed by atoms with Crippen molar-refractivity contribution in [2.24, 2.45) is 5.92 Å². The third-order valence-corrected chi connectivity index (χ3v) is 5.27. The number of hydrogen-bond donors (Lipinski definition) is 2. The van der Waals surface area contributed by atoms with Gasteiger partial charge < -0.3 is 10.1 Å². The van der Waals surface area contributed by atoms with Crippen LogP contribution in [-0.2, 0) is 19.1 Å². The van der Waals surface area contributed by atoms with Crippen LogP contribution in [0.4, 0.5) is 5.69 Å². The molecule has 1 heterocycles. The van der Waals surface area contributed by atoms with Crippen LogP contribution in [0.25, 0.3) is 0 Å². The Morgan fingerprint density at radius 3 is 2.44 bits per heavy atom. The number of amides is 3. The van der Waals surface area contributed by atoms with E-state index in [0.717, 1.165) is 16.1 Å². The minimum absolute atomic E-state index is 0.0761. The van der Waals surface area contributed by atoms with E-state index in [0.29, 0.717) is 10.7 Å². The highest BCUT2D eigenvalue weighted by atomic mass is 35.5. The molecule has 1 fully saturated rings. The molecule has 0 spiro atoms. The molecule has 0 aliphatic carbocycles. The van der Waals surface area contributed by atoms with Crippen molar-refractivity contribution in [1.29, 1.82) is 0 Å². The second-order valence-corrected chi connectivity index (χ2v) is 8.35. The summed E-state index contributed by atoms with van der Waals surface area (Å²) in [6, 6.07) is 9.91. The van der Waals surface area contributed by atoms with E-state index in [1.807, 2.05) is 19.9 Å². The number of benzene rings is 2. The summed E-state index contributed by atoms with van der Waals surface area (Å²) < 4.78 is 5.06. The van der Waals surface area contributed by atoms with E-state index >= 15 is 0 Å². The normalized spacial score (nSPS) is 15.4. The molecule has 1 atom stereocenters. The molecule has 10 heteroatoms. The number of anilines is 1. The average molecular weight is 478 g/mol. The third-order valence-electron chi connectivity index (χ3n) is 4.72. The number of carbonyl (C=O) groups is 4. The van der Waals surface area contributed by atoms with Gasteiger partial charge >= 0.3 is 5.97 Å². The molecule has 1 saturated heterocycles. The number of esters is 1. The van der Waals surface area contributed by atoms with E-state index in [2.05, 4.69) is 10.7 Å². The third kappa shape index (κ3) is 5.99. The Labute approximate surface area is 194 Å². The van der Waals surface area contributed by atoms with Crippen molar-refractivity contribution < 1.29 is 23.9 Å². The van der Waals surface area contributed by atoms with Gasteiger partial charge in [0.05, 0.1) is 23.0 Å². The molecule has 168 valence electrons. The van der Waals surface area contributed by atoms with Gasteiger partial charge in [-0.3, -0.25) is 29.6 Å². The number of ether oxygens (including phenoxy) is 1. The SMILES string of the molecule is Cc1cc(C)cc(NC(=O)COC(=O)[C@H]2CC(=O)N(NC(=O)c3ccc(Cl)cc3Cl)C2)c1. The van der Waals surface area contributed by atoms with Crippen LogP contribution in [0.1, 0.15) is 27.9 Å². The lowest BCUT2D eigenvalue weighted by molar-refractivity contribution is -0.151. The van der Waals surface area contributed by atoms with Crippen LogP contribution in [0.2, 0.25) is 10.0 Å². The van der Waals surface area contributed by atoms with Crippen molar-refractivity contribution in [3.05, 3.63) is 63.1 Å². The number of aryl methyl sites for hydroxylation is 2. The number of hydrogen-bond acceptors (Lipinski definition) is 5. The monoisotopic (exact) mass is 477 g/mol. The lowest BCUT2D eigenvalue weighted by Gasteiger charge is -2.18. The number of hydrazine groups is 1. The van der Waals surface area contributed by atoms with Gasteiger partial charge in [0.15, 0.2) is 6.61 Å². The summed E-state index contributed by atoms with van der Waals surface area (Å²) in [4.78, 5) is 49.0. The standard InChI is InChI=1S/C22H21Cl2N3O5/c1-12-5-13(2)7-16(6-12)25-19(28)11-32-22(31)14-8-20(29)27(10-14)26-21(30)17-4-3-15(23)9-18(17)24/h3-7,9,14H,8,10-11H2,1-2H3,(H,25,28)(H,26,30)/t14-/m0/s1. The highest BCUT2D eigenvalue weighted by molar-refractivity contribution is 6.36. The highest BCUT2D eigenvalue weighted by Gasteiger charge is 2.37. The maximum atomic E-state index is 12.4. The van der Waals surface area contributed by atoms with E-state index in [4.69, 9.17) is 27.9 Å². The molecule has 2 aromatic carbocycles. The van der Waals surface area contributed by atoms with Crippen molar-refractivity contribution in [2.45, 2.75) is 20.3 Å². The van der Waals surface area contributed by atoms with E-state index < -0.39 is 36.2 Å². The average Bonchev–Trinajstić information content (AvgIpc) is 3.05. The number of nitrogens with one attached hydrogen (secondary N) is 2. The molecule has 3 rings (SSSR count). The van der Waals surface area contributed by atoms with Gasteiger partial charge in [0, 0.05) is 17.1 Å². The summed E-state index contributed by atoms with van der Waals surface area (Å²) in [6.45, 7) is 3.26. The Balaban J connectivity index is 1.51. The molecular weight excluding hydrogens is 457 g/mol. The fourth-order valence-electron chi connectivity index (χ4n) is 3.33. The van der Waals surface area contributed by atoms with Gasteiger partial charge in [-0.1, -0.05) is 29.3 Å². The van der Waals surface area contributed by atoms with Crippen LogP contribution in [0, 0.1) is 19.8 Å². The second kappa shape index (κ2) is 10.0. The summed E-state index contributed by atoms with van der Waals surface area (Å²) >= 11 is 11.8. The van der Waals surface area contributed by atoms with Crippen LogP contribution < -0.4 is 10.7 Å². The second-order valence-electron chi connectivity index (χ2n) is 7.50. The smallest absolute Gasteiger partial charge is 0.311 e. The topological polar surface area (TPSA) is 105 Å². The zero-order valence-corrected chi connectivity index (χ0v) is 18.9. The highest BCUT2D eigenvalue weighted by Crippen LogP contribution is 2.22. The van der Waals surface area contributed by atoms with Gasteiger partial charge in [-0.05, 0) is 55.3 Å². The largest absolute Gasteiger partial charge is 0.455 e. The Kier molecular flexibility index (Phi) is 7.37. The van der Waals surface area contributed by atoms with Gasteiger partial charge in [0.1, 0.15) is 0 Å². The Bertz CT molecular complexity index is 1070. The van der Waals surface area contributed by atoms with Crippen molar-refractivity contribution in [3.63, 3.8) is 0 Å². The first kappa shape index (κ1) is 23.6. The summed E-state index contributed by atoms with van der Waals surface area (Å²) in [6.07, 6.45) is -0.147. The minimum Gasteiger partial charge on any atom is -0.455 e. The van der Waals surface area contributed by atoms with Crippen molar-refractivity contribution in [3.8, 4) is 0 Å². The summed E-state index contributed by atoms with van der Waals surface area (Å²) in [7, 11) is 0. The quantitative estimate of drug-likeness (QED) is 0.621. The molecule has 1 aliphatic heterocycles. The van der Waals surface area contributed by atoms with Crippen LogP contribution in [0.15, 0.2) is 36.4 Å². The van der Waals surface area contributed by atoms with Crippen LogP contribution >= 0.6 is 23.2 Å². The lowest BCUT2D eigenvalue weighted by Crippen LogP contribution is -2.43. The molecule has 0 bridgehead atoms. The van der Waals surface area contributed by atoms with Crippen molar-refractivity contribution in [1.82, 2.24) is 10.4 Å². The number of halogens is 2. The summed E-state index contributed by atoms with van der Waals surface area (Å²) in [5.41, 5.74) is 5.15. The molecule has 0 radical (unpaired) electrons. The van der Waals surface area contributed by atoms with Crippen LogP contribution in [-0.4, -0.2) is 41.9 Å². The molecule has 2 aromatic rings. The predicted molar refractivity (Wildman–Crippen MR) is 119 cm³/mol. The predicted octanol–water partition coefficient (Wildman–Crippen LogP) is 3.29. The maximum absolute atomic E-state index is 12.4. The van der Waals surface area contributed by atoms with Gasteiger partial charge in [-0.2, -0.15) is 0 Å². The number of rotatable bonds is 6. The molecule has 0 unspecified atom stereocenters. The van der Waals surface area contributed by atoms with Gasteiger partial charge in [0.25, 0.3) is 11.8 Å². The molecule has 32 heavy (non-hydrogen) atoms. The minimum atomic E-state index is -0.808. The summed E-state index contributed by atoms with van der Waals surface area (Å²) in [5.74, 6) is -3.06. The first-order valence-corrected chi connectivity index (χ1v) is 10.5. The number of nitrogens with zero attached hydrogens (tertiary/aromatic N) is 1. The van der Waals surface area contributed by atoms with Gasteiger partial charge in [-0.15, -0.1) is 0 Å². The van der Waals surface area contributed by atoms with Crippen LogP contribution in [0.5, 0.6) is 0 Å². The molecule has 2 N–H and O–H groups in total. The van der Waals surface area contributed by atoms with Gasteiger partial charge in [0.2, 0.25) is 5.91 Å². The molecule has 3 amide bonds. The first-order chi connectivity index (χ1) is 15.1. The van der Waals surface area contributed by atoms with E-state index in [9.17, 15) is 19.2 Å². The fourth-order valence-corrected chi connectivity index (χ4v) is 3.82. The van der Waals surface area contributed by atoms with Crippen molar-refractivity contribution in [2.75, 3.05) is 18.5 Å². The summed E-state index contributed by atoms with van der Waals surface area (Å²) in [5, 5.41) is 4.21. The Morgan fingerprint density at radius 1 is 1.09 bits per heavy atom. The zero-order valence-electron chi connectivity index (χ0n) is 17.4. The Hall–Kier alpha value is -3.10. The molecule has 0 aromatic heterocycles. The number of carbonyl (C=O) groups excluding carboxylic acids is 4. The lowest BCUT2D eigenvalue weighted by atomic mass is 10.1. The molecular formula is C22H21Cl2N3O5. The van der Waals surface area contributed by atoms with Crippen LogP contribution in [0.3, 0.4) is 0 Å². The first-order valence-electron chi connectivity index (χ1n) is 9.73. The maximum Gasteiger partial charge on any atom is 0.311 e. The molecule has 8 nitrogen and oxygen atoms in total.